The first-order valence-corrected chi connectivity index (χ1v) is 7.83. The number of urea groups is 1. The van der Waals surface area contributed by atoms with E-state index in [2.05, 4.69) is 20.8 Å². The summed E-state index contributed by atoms with van der Waals surface area (Å²) in [5.74, 6) is 0.246. The van der Waals surface area contributed by atoms with Gasteiger partial charge in [-0.3, -0.25) is 4.84 Å². The van der Waals surface area contributed by atoms with Crippen LogP contribution in [0.3, 0.4) is 0 Å². The SMILES string of the molecule is CC(N)CONC(=O)NC1CCN(c2ncc(C(F)(F)F)cn2)CC1. The predicted molar refractivity (Wildman–Crippen MR) is 83.5 cm³/mol. The van der Waals surface area contributed by atoms with Gasteiger partial charge in [-0.15, -0.1) is 0 Å². The van der Waals surface area contributed by atoms with Crippen LogP contribution in [0.1, 0.15) is 25.3 Å². The number of nitrogens with one attached hydrogen (secondary N) is 2. The number of rotatable bonds is 5. The molecule has 0 saturated carbocycles. The molecular weight excluding hydrogens is 341 g/mol. The maximum Gasteiger partial charge on any atom is 0.419 e. The van der Waals surface area contributed by atoms with Gasteiger partial charge < -0.3 is 16.0 Å². The van der Waals surface area contributed by atoms with Crippen molar-refractivity contribution in [2.45, 2.75) is 38.0 Å². The van der Waals surface area contributed by atoms with Gasteiger partial charge in [0.2, 0.25) is 5.95 Å². The number of alkyl halides is 3. The first-order chi connectivity index (χ1) is 11.8. The molecule has 1 unspecified atom stereocenters. The molecule has 0 aromatic carbocycles. The van der Waals surface area contributed by atoms with Crippen molar-refractivity contribution in [1.82, 2.24) is 20.8 Å². The van der Waals surface area contributed by atoms with Gasteiger partial charge in [-0.2, -0.15) is 13.2 Å². The Morgan fingerprint density at radius 3 is 2.52 bits per heavy atom. The Labute approximate surface area is 142 Å². The number of hydroxylamine groups is 1. The zero-order valence-electron chi connectivity index (χ0n) is 13.7. The molecule has 0 spiro atoms. The highest BCUT2D eigenvalue weighted by Crippen LogP contribution is 2.28. The Balaban J connectivity index is 1.76. The minimum Gasteiger partial charge on any atom is -0.341 e. The van der Waals surface area contributed by atoms with E-state index in [0.717, 1.165) is 12.4 Å². The molecule has 0 radical (unpaired) electrons. The molecule has 25 heavy (non-hydrogen) atoms. The summed E-state index contributed by atoms with van der Waals surface area (Å²) in [6.07, 6.45) is -1.67. The first-order valence-electron chi connectivity index (χ1n) is 7.83. The highest BCUT2D eigenvalue weighted by molar-refractivity contribution is 5.73. The molecule has 1 fully saturated rings. The molecule has 1 aromatic heterocycles. The average Bonchev–Trinajstić information content (AvgIpc) is 2.54. The number of carbonyl (C=O) groups is 1. The second kappa shape index (κ2) is 8.30. The van der Waals surface area contributed by atoms with Crippen molar-refractivity contribution in [2.24, 2.45) is 5.73 Å². The summed E-state index contributed by atoms with van der Waals surface area (Å²) in [6, 6.07) is -0.707. The predicted octanol–water partition coefficient (Wildman–Crippen LogP) is 1.04. The van der Waals surface area contributed by atoms with Gasteiger partial charge >= 0.3 is 12.2 Å². The molecule has 140 valence electrons. The van der Waals surface area contributed by atoms with E-state index in [1.807, 2.05) is 0 Å². The molecule has 2 amide bonds. The van der Waals surface area contributed by atoms with Crippen LogP contribution in [0, 0.1) is 0 Å². The zero-order chi connectivity index (χ0) is 18.4. The van der Waals surface area contributed by atoms with Crippen molar-refractivity contribution in [1.29, 1.82) is 0 Å². The Morgan fingerprint density at radius 1 is 1.40 bits per heavy atom. The molecule has 1 aliphatic rings. The fourth-order valence-corrected chi connectivity index (χ4v) is 2.31. The van der Waals surface area contributed by atoms with Crippen LogP contribution in [0.15, 0.2) is 12.4 Å². The molecule has 11 heteroatoms. The van der Waals surface area contributed by atoms with Crippen LogP contribution < -0.4 is 21.4 Å². The summed E-state index contributed by atoms with van der Waals surface area (Å²) in [6.45, 7) is 3.00. The number of nitrogens with zero attached hydrogens (tertiary/aromatic N) is 3. The van der Waals surface area contributed by atoms with Crippen molar-refractivity contribution in [3.63, 3.8) is 0 Å². The Hall–Kier alpha value is -2.14. The maximum atomic E-state index is 12.5. The number of anilines is 1. The lowest BCUT2D eigenvalue weighted by Gasteiger charge is -2.32. The molecule has 0 aliphatic carbocycles. The van der Waals surface area contributed by atoms with E-state index in [0.29, 0.717) is 25.9 Å². The number of hydrogen-bond acceptors (Lipinski definition) is 6. The van der Waals surface area contributed by atoms with Gasteiger partial charge in [0, 0.05) is 37.6 Å². The summed E-state index contributed by atoms with van der Waals surface area (Å²) in [5.41, 5.74) is 6.86. The highest BCUT2D eigenvalue weighted by Gasteiger charge is 2.32. The van der Waals surface area contributed by atoms with E-state index in [1.165, 1.54) is 0 Å². The molecule has 1 atom stereocenters. The third-order valence-electron chi connectivity index (χ3n) is 3.59. The smallest absolute Gasteiger partial charge is 0.341 e. The van der Waals surface area contributed by atoms with E-state index in [1.54, 1.807) is 11.8 Å². The summed E-state index contributed by atoms with van der Waals surface area (Å²) in [5, 5.41) is 2.76. The molecule has 2 rings (SSSR count). The molecule has 1 saturated heterocycles. The maximum absolute atomic E-state index is 12.5. The quantitative estimate of drug-likeness (QED) is 0.676. The topological polar surface area (TPSA) is 105 Å². The minimum atomic E-state index is -4.45. The second-order valence-corrected chi connectivity index (χ2v) is 5.89. The van der Waals surface area contributed by atoms with Crippen LogP contribution in [0.5, 0.6) is 0 Å². The van der Waals surface area contributed by atoms with Crippen molar-refractivity contribution < 1.29 is 22.8 Å². The van der Waals surface area contributed by atoms with E-state index in [4.69, 9.17) is 10.6 Å². The Kier molecular flexibility index (Phi) is 6.37. The summed E-state index contributed by atoms with van der Waals surface area (Å²) < 4.78 is 37.5. The van der Waals surface area contributed by atoms with Crippen LogP contribution in [0.2, 0.25) is 0 Å². The van der Waals surface area contributed by atoms with Crippen molar-refractivity contribution >= 4 is 12.0 Å². The molecular formula is C14H21F3N6O2. The monoisotopic (exact) mass is 362 g/mol. The summed E-state index contributed by atoms with van der Waals surface area (Å²) in [4.78, 5) is 25.9. The van der Waals surface area contributed by atoms with Gasteiger partial charge in [-0.05, 0) is 19.8 Å². The van der Waals surface area contributed by atoms with Crippen LogP contribution in [-0.4, -0.2) is 47.8 Å². The third-order valence-corrected chi connectivity index (χ3v) is 3.59. The Bertz CT molecular complexity index is 559. The molecule has 0 bridgehead atoms. The first kappa shape index (κ1) is 19.2. The van der Waals surface area contributed by atoms with Crippen molar-refractivity contribution in [2.75, 3.05) is 24.6 Å². The lowest BCUT2D eigenvalue weighted by molar-refractivity contribution is -0.138. The van der Waals surface area contributed by atoms with Crippen molar-refractivity contribution in [3.05, 3.63) is 18.0 Å². The van der Waals surface area contributed by atoms with Gasteiger partial charge in [0.25, 0.3) is 0 Å². The van der Waals surface area contributed by atoms with Gasteiger partial charge in [0.15, 0.2) is 0 Å². The van der Waals surface area contributed by atoms with Gasteiger partial charge in [-0.1, -0.05) is 0 Å². The van der Waals surface area contributed by atoms with Crippen LogP contribution in [-0.2, 0) is 11.0 Å². The number of aromatic nitrogens is 2. The van der Waals surface area contributed by atoms with E-state index >= 15 is 0 Å². The standard InChI is InChI=1S/C14H21F3N6O2/c1-9(18)8-25-22-13(24)21-11-2-4-23(5-3-11)12-19-6-10(7-20-12)14(15,16)17/h6-7,9,11H,2-5,8,18H2,1H3,(H2,21,22,24). The van der Waals surface area contributed by atoms with Crippen LogP contribution >= 0.6 is 0 Å². The fraction of sp³-hybridized carbons (Fsp3) is 0.643. The van der Waals surface area contributed by atoms with E-state index in [9.17, 15) is 18.0 Å². The molecule has 1 aliphatic heterocycles. The number of nitrogens with two attached hydrogens (primary N) is 1. The lowest BCUT2D eigenvalue weighted by atomic mass is 10.1. The van der Waals surface area contributed by atoms with E-state index < -0.39 is 17.8 Å². The number of hydrogen-bond donors (Lipinski definition) is 3. The third kappa shape index (κ3) is 6.02. The number of piperidine rings is 1. The van der Waals surface area contributed by atoms with Gasteiger partial charge in [0.1, 0.15) is 0 Å². The van der Waals surface area contributed by atoms with Crippen LogP contribution in [0.4, 0.5) is 23.9 Å². The van der Waals surface area contributed by atoms with E-state index in [-0.39, 0.29) is 24.6 Å². The zero-order valence-corrected chi connectivity index (χ0v) is 13.7. The van der Waals surface area contributed by atoms with Crippen molar-refractivity contribution in [3.8, 4) is 0 Å². The van der Waals surface area contributed by atoms with Gasteiger partial charge in [-0.25, -0.2) is 20.2 Å². The molecule has 2 heterocycles. The molecule has 1 aromatic rings. The number of amides is 2. The average molecular weight is 362 g/mol. The summed E-state index contributed by atoms with van der Waals surface area (Å²) in [7, 11) is 0. The molecule has 8 nitrogen and oxygen atoms in total. The van der Waals surface area contributed by atoms with Gasteiger partial charge in [0.05, 0.1) is 12.2 Å². The normalized spacial score (nSPS) is 17.2. The molecule has 4 N–H and O–H groups in total. The summed E-state index contributed by atoms with van der Waals surface area (Å²) >= 11 is 0. The Morgan fingerprint density at radius 2 is 2.00 bits per heavy atom. The second-order valence-electron chi connectivity index (χ2n) is 5.89. The largest absolute Gasteiger partial charge is 0.419 e. The number of carbonyl (C=O) groups excluding carboxylic acids is 1. The number of halogens is 3. The highest BCUT2D eigenvalue weighted by atomic mass is 19.4. The minimum absolute atomic E-state index is 0.0652. The van der Waals surface area contributed by atoms with Crippen LogP contribution in [0.25, 0.3) is 0 Å². The fourth-order valence-electron chi connectivity index (χ4n) is 2.31. The lowest BCUT2D eigenvalue weighted by Crippen LogP contribution is -2.48.